The fourth-order valence-corrected chi connectivity index (χ4v) is 5.91. The highest BCUT2D eigenvalue weighted by atomic mass is 17.1. The summed E-state index contributed by atoms with van der Waals surface area (Å²) in [6.45, 7) is 0. The molecule has 0 heterocycles. The number of hydrogen-bond acceptors (Lipinski definition) is 2. The highest BCUT2D eigenvalue weighted by Crippen LogP contribution is 2.47. The quantitative estimate of drug-likeness (QED) is 0.443. The molecule has 0 bridgehead atoms. The summed E-state index contributed by atoms with van der Waals surface area (Å²) >= 11 is 0. The van der Waals surface area contributed by atoms with Gasteiger partial charge in [0, 0.05) is 11.1 Å². The van der Waals surface area contributed by atoms with Crippen molar-refractivity contribution in [1.82, 2.24) is 0 Å². The van der Waals surface area contributed by atoms with Crippen LogP contribution in [0.15, 0.2) is 12.1 Å². The van der Waals surface area contributed by atoms with Gasteiger partial charge in [0.1, 0.15) is 0 Å². The molecule has 1 N–H and O–H groups in total. The van der Waals surface area contributed by atoms with Crippen LogP contribution in [0.25, 0.3) is 0 Å². The van der Waals surface area contributed by atoms with Crippen LogP contribution in [0, 0.1) is 0 Å². The third-order valence-electron chi connectivity index (χ3n) is 7.43. The monoisotopic (exact) mass is 356 g/mol. The molecule has 3 fully saturated rings. The molecule has 1 aromatic rings. The summed E-state index contributed by atoms with van der Waals surface area (Å²) < 4.78 is 0. The molecule has 0 atom stereocenters. The Morgan fingerprint density at radius 3 is 1.35 bits per heavy atom. The molecule has 0 radical (unpaired) electrons. The van der Waals surface area contributed by atoms with Crippen LogP contribution in [0.2, 0.25) is 0 Å². The summed E-state index contributed by atoms with van der Waals surface area (Å²) in [4.78, 5) is 5.13. The van der Waals surface area contributed by atoms with Crippen molar-refractivity contribution in [3.8, 4) is 5.75 Å². The van der Waals surface area contributed by atoms with Gasteiger partial charge in [0.15, 0.2) is 5.75 Å². The van der Waals surface area contributed by atoms with Crippen LogP contribution in [-0.4, -0.2) is 5.26 Å². The van der Waals surface area contributed by atoms with Crippen LogP contribution in [-0.2, 0) is 0 Å². The zero-order valence-corrected chi connectivity index (χ0v) is 16.3. The maximum absolute atomic E-state index is 9.86. The summed E-state index contributed by atoms with van der Waals surface area (Å²) in [6, 6.07) is 4.87. The topological polar surface area (TPSA) is 29.5 Å². The van der Waals surface area contributed by atoms with Gasteiger partial charge in [-0.1, -0.05) is 69.9 Å². The third-order valence-corrected chi connectivity index (χ3v) is 7.43. The van der Waals surface area contributed by atoms with Crippen molar-refractivity contribution in [2.24, 2.45) is 0 Å². The minimum atomic E-state index is 0.580. The highest BCUT2D eigenvalue weighted by Gasteiger charge is 2.28. The average molecular weight is 357 g/mol. The molecule has 0 aromatic heterocycles. The van der Waals surface area contributed by atoms with E-state index in [1.54, 1.807) is 5.56 Å². The molecular formula is C24H36O2. The van der Waals surface area contributed by atoms with Crippen molar-refractivity contribution in [2.75, 3.05) is 0 Å². The summed E-state index contributed by atoms with van der Waals surface area (Å²) in [5.41, 5.74) is 4.21. The Hall–Kier alpha value is -1.02. The number of benzene rings is 1. The number of hydrogen-bond donors (Lipinski definition) is 1. The summed E-state index contributed by atoms with van der Waals surface area (Å²) in [6.07, 6.45) is 19.9. The molecule has 0 spiro atoms. The third kappa shape index (κ3) is 3.96. The molecule has 2 nitrogen and oxygen atoms in total. The van der Waals surface area contributed by atoms with Gasteiger partial charge >= 0.3 is 0 Å². The minimum Gasteiger partial charge on any atom is -0.340 e. The molecule has 144 valence electrons. The first-order valence-electron chi connectivity index (χ1n) is 11.4. The van der Waals surface area contributed by atoms with E-state index in [0.29, 0.717) is 11.8 Å². The molecule has 0 aliphatic heterocycles. The van der Waals surface area contributed by atoms with Gasteiger partial charge in [0.25, 0.3) is 0 Å². The summed E-state index contributed by atoms with van der Waals surface area (Å²) in [7, 11) is 0. The van der Waals surface area contributed by atoms with Crippen LogP contribution in [0.5, 0.6) is 5.75 Å². The molecule has 2 heteroatoms. The number of rotatable bonds is 4. The zero-order valence-electron chi connectivity index (χ0n) is 16.3. The highest BCUT2D eigenvalue weighted by molar-refractivity contribution is 5.49. The first-order valence-corrected chi connectivity index (χ1v) is 11.4. The maximum Gasteiger partial charge on any atom is 0.172 e. The molecule has 0 amide bonds. The van der Waals surface area contributed by atoms with E-state index in [1.807, 2.05) is 0 Å². The lowest BCUT2D eigenvalue weighted by atomic mass is 9.75. The van der Waals surface area contributed by atoms with Crippen molar-refractivity contribution in [3.05, 3.63) is 28.8 Å². The average Bonchev–Trinajstić information content (AvgIpc) is 2.74. The second-order valence-corrected chi connectivity index (χ2v) is 9.12. The molecule has 0 unspecified atom stereocenters. The standard InChI is InChI=1S/C24H36O2/c25-26-24-22(19-12-6-2-7-13-19)16-21(18-10-4-1-5-11-18)17-23(24)20-14-8-3-9-15-20/h16-20,25H,1-15H2. The molecular weight excluding hydrogens is 320 g/mol. The van der Waals surface area contributed by atoms with E-state index < -0.39 is 0 Å². The van der Waals surface area contributed by atoms with Gasteiger partial charge in [-0.2, -0.15) is 0 Å². The van der Waals surface area contributed by atoms with E-state index in [1.165, 1.54) is 107 Å². The van der Waals surface area contributed by atoms with E-state index in [4.69, 9.17) is 4.89 Å². The Kier molecular flexibility index (Phi) is 6.20. The van der Waals surface area contributed by atoms with Crippen molar-refractivity contribution < 1.29 is 10.1 Å². The molecule has 3 saturated carbocycles. The van der Waals surface area contributed by atoms with Gasteiger partial charge in [-0.05, 0) is 61.8 Å². The van der Waals surface area contributed by atoms with Crippen LogP contribution in [0.4, 0.5) is 0 Å². The Morgan fingerprint density at radius 2 is 0.962 bits per heavy atom. The predicted molar refractivity (Wildman–Crippen MR) is 107 cm³/mol. The van der Waals surface area contributed by atoms with Gasteiger partial charge in [-0.15, -0.1) is 0 Å². The lowest BCUT2D eigenvalue weighted by Gasteiger charge is -2.31. The van der Waals surface area contributed by atoms with E-state index >= 15 is 0 Å². The molecule has 3 aliphatic rings. The first kappa shape index (κ1) is 18.3. The SMILES string of the molecule is OOc1c(C2CCCCC2)cc(C2CCCCC2)cc1C1CCCCC1. The molecule has 1 aromatic carbocycles. The molecule has 26 heavy (non-hydrogen) atoms. The van der Waals surface area contributed by atoms with E-state index in [2.05, 4.69) is 12.1 Å². The molecule has 3 aliphatic carbocycles. The van der Waals surface area contributed by atoms with Crippen LogP contribution < -0.4 is 4.89 Å². The fourth-order valence-electron chi connectivity index (χ4n) is 5.91. The molecule has 0 saturated heterocycles. The van der Waals surface area contributed by atoms with Gasteiger partial charge in [-0.3, -0.25) is 0 Å². The molecule has 4 rings (SSSR count). The van der Waals surface area contributed by atoms with Gasteiger partial charge in [0.05, 0.1) is 0 Å². The second kappa shape index (κ2) is 8.78. The fraction of sp³-hybridized carbons (Fsp3) is 0.750. The van der Waals surface area contributed by atoms with E-state index in [9.17, 15) is 5.26 Å². The predicted octanol–water partition coefficient (Wildman–Crippen LogP) is 7.68. The van der Waals surface area contributed by atoms with Gasteiger partial charge < -0.3 is 4.89 Å². The van der Waals surface area contributed by atoms with Gasteiger partial charge in [0.2, 0.25) is 0 Å². The van der Waals surface area contributed by atoms with Crippen molar-refractivity contribution in [3.63, 3.8) is 0 Å². The Labute approximate surface area is 159 Å². The Balaban J connectivity index is 1.73. The minimum absolute atomic E-state index is 0.580. The van der Waals surface area contributed by atoms with Crippen LogP contribution >= 0.6 is 0 Å². The van der Waals surface area contributed by atoms with Gasteiger partial charge in [-0.25, -0.2) is 5.26 Å². The van der Waals surface area contributed by atoms with Crippen LogP contribution in [0.1, 0.15) is 131 Å². The summed E-state index contributed by atoms with van der Waals surface area (Å²) in [5, 5.41) is 9.86. The summed E-state index contributed by atoms with van der Waals surface area (Å²) in [5.74, 6) is 2.72. The van der Waals surface area contributed by atoms with Crippen molar-refractivity contribution in [1.29, 1.82) is 0 Å². The van der Waals surface area contributed by atoms with E-state index in [0.717, 1.165) is 11.7 Å². The lowest BCUT2D eigenvalue weighted by molar-refractivity contribution is -0.139. The van der Waals surface area contributed by atoms with Crippen LogP contribution in [0.3, 0.4) is 0 Å². The normalized spacial score (nSPS) is 23.9. The second-order valence-electron chi connectivity index (χ2n) is 9.12. The lowest BCUT2D eigenvalue weighted by Crippen LogP contribution is -2.14. The zero-order chi connectivity index (χ0) is 17.8. The maximum atomic E-state index is 9.86. The van der Waals surface area contributed by atoms with E-state index in [-0.39, 0.29) is 0 Å². The Morgan fingerprint density at radius 1 is 0.577 bits per heavy atom. The smallest absolute Gasteiger partial charge is 0.172 e. The van der Waals surface area contributed by atoms with Crippen molar-refractivity contribution in [2.45, 2.75) is 114 Å². The largest absolute Gasteiger partial charge is 0.340 e. The Bertz CT molecular complexity index is 537. The first-order chi connectivity index (χ1) is 12.9. The van der Waals surface area contributed by atoms with Crippen molar-refractivity contribution >= 4 is 0 Å².